The third kappa shape index (κ3) is 4.44. The molecule has 0 radical (unpaired) electrons. The van der Waals surface area contributed by atoms with E-state index in [1.165, 1.54) is 10.3 Å². The molecular formula is C19H26NO3+. The topological polar surface area (TPSA) is 43.1 Å². The molecule has 1 heterocycles. The smallest absolute Gasteiger partial charge is 0.137 e. The Bertz CT molecular complexity index is 635. The molecule has 3 atom stereocenters. The molecule has 124 valence electrons. The Kier molecular flexibility index (Phi) is 5.16. The molecule has 0 saturated carbocycles. The number of aliphatic hydroxyl groups excluding tert-OH is 1. The standard InChI is InChI=1S/C19H25NO3/c1-14-10-20(11-15(2)23-14)12-18(21)13-22-19-8-7-16-5-3-4-6-17(16)9-19/h3-9,14-15,18,21H,10-13H2,1-2H3/p+1/t14-,15-,18-/m0/s1. The second-order valence-corrected chi connectivity index (χ2v) is 6.59. The van der Waals surface area contributed by atoms with Crippen LogP contribution in [0.5, 0.6) is 5.75 Å². The maximum atomic E-state index is 10.3. The second-order valence-electron chi connectivity index (χ2n) is 6.59. The molecule has 1 saturated heterocycles. The van der Waals surface area contributed by atoms with Gasteiger partial charge in [-0.05, 0) is 36.8 Å². The van der Waals surface area contributed by atoms with Crippen molar-refractivity contribution in [2.45, 2.75) is 32.2 Å². The molecule has 4 heteroatoms. The van der Waals surface area contributed by atoms with Crippen LogP contribution in [0.4, 0.5) is 0 Å². The van der Waals surface area contributed by atoms with Crippen molar-refractivity contribution in [3.63, 3.8) is 0 Å². The van der Waals surface area contributed by atoms with Gasteiger partial charge in [-0.15, -0.1) is 0 Å². The molecule has 0 aromatic heterocycles. The summed E-state index contributed by atoms with van der Waals surface area (Å²) >= 11 is 0. The summed E-state index contributed by atoms with van der Waals surface area (Å²) in [6, 6.07) is 14.2. The first kappa shape index (κ1) is 16.2. The van der Waals surface area contributed by atoms with Gasteiger partial charge in [-0.25, -0.2) is 0 Å². The van der Waals surface area contributed by atoms with E-state index in [9.17, 15) is 5.11 Å². The van der Waals surface area contributed by atoms with Crippen LogP contribution in [0.15, 0.2) is 42.5 Å². The monoisotopic (exact) mass is 316 g/mol. The van der Waals surface area contributed by atoms with Crippen molar-refractivity contribution in [3.05, 3.63) is 42.5 Å². The van der Waals surface area contributed by atoms with Gasteiger partial charge in [0.05, 0.1) is 0 Å². The molecule has 0 bridgehead atoms. The van der Waals surface area contributed by atoms with Crippen molar-refractivity contribution < 1.29 is 19.5 Å². The Labute approximate surface area is 137 Å². The Balaban J connectivity index is 1.52. The van der Waals surface area contributed by atoms with Gasteiger partial charge >= 0.3 is 0 Å². The first-order chi connectivity index (χ1) is 11.1. The minimum Gasteiger partial charge on any atom is -0.491 e. The lowest BCUT2D eigenvalue weighted by Gasteiger charge is -2.33. The summed E-state index contributed by atoms with van der Waals surface area (Å²) in [5.41, 5.74) is 0. The highest BCUT2D eigenvalue weighted by molar-refractivity contribution is 5.83. The molecule has 4 nitrogen and oxygen atoms in total. The molecule has 1 aliphatic rings. The highest BCUT2D eigenvalue weighted by Crippen LogP contribution is 2.20. The van der Waals surface area contributed by atoms with E-state index in [1.807, 2.05) is 30.3 Å². The van der Waals surface area contributed by atoms with Gasteiger partial charge in [-0.2, -0.15) is 0 Å². The van der Waals surface area contributed by atoms with Gasteiger partial charge in [0.15, 0.2) is 0 Å². The lowest BCUT2D eigenvalue weighted by atomic mass is 10.1. The predicted molar refractivity (Wildman–Crippen MR) is 91.0 cm³/mol. The van der Waals surface area contributed by atoms with Gasteiger partial charge in [0, 0.05) is 0 Å². The lowest BCUT2D eigenvalue weighted by Crippen LogP contribution is -3.16. The summed E-state index contributed by atoms with van der Waals surface area (Å²) in [6.07, 6.45) is 0.0404. The molecule has 2 aromatic carbocycles. The van der Waals surface area contributed by atoms with Crippen molar-refractivity contribution in [1.82, 2.24) is 0 Å². The summed E-state index contributed by atoms with van der Waals surface area (Å²) in [5.74, 6) is 0.807. The van der Waals surface area contributed by atoms with E-state index in [0.717, 1.165) is 24.2 Å². The third-order valence-electron chi connectivity index (χ3n) is 4.30. The highest BCUT2D eigenvalue weighted by Gasteiger charge is 2.27. The number of quaternary nitrogens is 1. The molecule has 1 fully saturated rings. The molecule has 23 heavy (non-hydrogen) atoms. The van der Waals surface area contributed by atoms with Gasteiger partial charge in [0.25, 0.3) is 0 Å². The van der Waals surface area contributed by atoms with Crippen LogP contribution in [-0.2, 0) is 4.74 Å². The summed E-state index contributed by atoms with van der Waals surface area (Å²) in [6.45, 7) is 7.09. The number of fused-ring (bicyclic) bond motifs is 1. The molecule has 1 aliphatic heterocycles. The number of hydrogen-bond donors (Lipinski definition) is 2. The Hall–Kier alpha value is -1.62. The molecule has 0 aliphatic carbocycles. The fraction of sp³-hybridized carbons (Fsp3) is 0.474. The SMILES string of the molecule is C[C@H]1C[NH+](C[C@H](O)COc2ccc3ccccc3c2)C[C@H](C)O1. The number of morpholine rings is 1. The van der Waals surface area contributed by atoms with E-state index >= 15 is 0 Å². The fourth-order valence-electron chi connectivity index (χ4n) is 3.40. The number of benzene rings is 2. The van der Waals surface area contributed by atoms with E-state index in [0.29, 0.717) is 13.2 Å². The minimum atomic E-state index is -0.464. The van der Waals surface area contributed by atoms with Crippen molar-refractivity contribution >= 4 is 10.8 Å². The highest BCUT2D eigenvalue weighted by atomic mass is 16.5. The van der Waals surface area contributed by atoms with Crippen molar-refractivity contribution in [1.29, 1.82) is 0 Å². The van der Waals surface area contributed by atoms with E-state index < -0.39 is 6.10 Å². The largest absolute Gasteiger partial charge is 0.491 e. The van der Waals surface area contributed by atoms with Crippen LogP contribution < -0.4 is 9.64 Å². The van der Waals surface area contributed by atoms with E-state index in [-0.39, 0.29) is 12.2 Å². The van der Waals surface area contributed by atoms with Gasteiger partial charge in [-0.3, -0.25) is 0 Å². The van der Waals surface area contributed by atoms with Crippen LogP contribution in [0.3, 0.4) is 0 Å². The summed E-state index contributed by atoms with van der Waals surface area (Å²) < 4.78 is 11.5. The maximum Gasteiger partial charge on any atom is 0.137 e. The summed E-state index contributed by atoms with van der Waals surface area (Å²) in [7, 11) is 0. The molecule has 3 rings (SSSR count). The second kappa shape index (κ2) is 7.30. The van der Waals surface area contributed by atoms with E-state index in [4.69, 9.17) is 9.47 Å². The number of aliphatic hydroxyl groups is 1. The third-order valence-corrected chi connectivity index (χ3v) is 4.30. The number of nitrogens with one attached hydrogen (secondary N) is 1. The minimum absolute atomic E-state index is 0.252. The van der Waals surface area contributed by atoms with Crippen LogP contribution in [0.2, 0.25) is 0 Å². The van der Waals surface area contributed by atoms with Crippen LogP contribution in [0.25, 0.3) is 10.8 Å². The van der Waals surface area contributed by atoms with Crippen LogP contribution in [-0.4, -0.2) is 49.7 Å². The average molecular weight is 316 g/mol. The number of rotatable bonds is 5. The van der Waals surface area contributed by atoms with Gasteiger partial charge in [0.1, 0.15) is 50.3 Å². The summed E-state index contributed by atoms with van der Waals surface area (Å²) in [4.78, 5) is 1.38. The zero-order valence-corrected chi connectivity index (χ0v) is 13.9. The maximum absolute atomic E-state index is 10.3. The average Bonchev–Trinajstić information content (AvgIpc) is 2.52. The van der Waals surface area contributed by atoms with Crippen LogP contribution in [0.1, 0.15) is 13.8 Å². The fourth-order valence-corrected chi connectivity index (χ4v) is 3.40. The lowest BCUT2D eigenvalue weighted by molar-refractivity contribution is -0.918. The van der Waals surface area contributed by atoms with Crippen molar-refractivity contribution in [3.8, 4) is 5.75 Å². The van der Waals surface area contributed by atoms with Gasteiger partial charge in [-0.1, -0.05) is 30.3 Å². The predicted octanol–water partition coefficient (Wildman–Crippen LogP) is 1.27. The van der Waals surface area contributed by atoms with Crippen LogP contribution in [0, 0.1) is 0 Å². The van der Waals surface area contributed by atoms with E-state index in [2.05, 4.69) is 26.0 Å². The Morgan fingerprint density at radius 3 is 2.57 bits per heavy atom. The molecule has 0 unspecified atom stereocenters. The quantitative estimate of drug-likeness (QED) is 0.873. The molecular weight excluding hydrogens is 290 g/mol. The molecule has 0 spiro atoms. The molecule has 2 aromatic rings. The Morgan fingerprint density at radius 2 is 1.83 bits per heavy atom. The number of ether oxygens (including phenoxy) is 2. The van der Waals surface area contributed by atoms with Gasteiger partial charge in [0.2, 0.25) is 0 Å². The van der Waals surface area contributed by atoms with Gasteiger partial charge < -0.3 is 19.5 Å². The first-order valence-electron chi connectivity index (χ1n) is 8.39. The van der Waals surface area contributed by atoms with Crippen molar-refractivity contribution in [2.75, 3.05) is 26.2 Å². The molecule has 0 amide bonds. The first-order valence-corrected chi connectivity index (χ1v) is 8.39. The normalized spacial score (nSPS) is 26.1. The van der Waals surface area contributed by atoms with Crippen molar-refractivity contribution in [2.24, 2.45) is 0 Å². The van der Waals surface area contributed by atoms with E-state index in [1.54, 1.807) is 0 Å². The summed E-state index contributed by atoms with van der Waals surface area (Å²) in [5, 5.41) is 12.6. The molecule has 2 N–H and O–H groups in total. The number of hydrogen-bond acceptors (Lipinski definition) is 3. The zero-order chi connectivity index (χ0) is 16.2. The Morgan fingerprint density at radius 1 is 1.13 bits per heavy atom. The van der Waals surface area contributed by atoms with Crippen LogP contribution >= 0.6 is 0 Å². The zero-order valence-electron chi connectivity index (χ0n) is 13.9.